The first-order valence-corrected chi connectivity index (χ1v) is 11.1. The van der Waals surface area contributed by atoms with Crippen molar-refractivity contribution in [2.24, 2.45) is 5.92 Å². The number of carbonyl (C=O) groups excluding carboxylic acids is 1. The Labute approximate surface area is 191 Å². The van der Waals surface area contributed by atoms with E-state index >= 15 is 0 Å². The quantitative estimate of drug-likeness (QED) is 0.499. The summed E-state index contributed by atoms with van der Waals surface area (Å²) < 4.78 is 16.8. The molecule has 2 aliphatic rings. The fraction of sp³-hybridized carbons (Fsp3) is 0.375. The van der Waals surface area contributed by atoms with Gasteiger partial charge < -0.3 is 18.9 Å². The average Bonchev–Trinajstić information content (AvgIpc) is 3.51. The lowest BCUT2D eigenvalue weighted by Gasteiger charge is -2.27. The molecule has 32 heavy (non-hydrogen) atoms. The first-order valence-electron chi connectivity index (χ1n) is 10.8. The van der Waals surface area contributed by atoms with E-state index in [4.69, 9.17) is 25.6 Å². The maximum atomic E-state index is 12.6. The number of ether oxygens (including phenoxy) is 2. The molecule has 5 rings (SSSR count). The van der Waals surface area contributed by atoms with E-state index in [0.29, 0.717) is 33.8 Å². The molecule has 1 aliphatic carbocycles. The SMILES string of the molecule is COc1cc(N2C(=O)C3CCC2C3)ccc1-c1nc(-c2ccc(OC(C)C)c(Cl)c2)no1. The standard InChI is InChI=1S/C24H24ClN3O4/c1-13(2)31-20-9-5-14(11-19(20)25)22-26-23(32-27-22)18-8-7-17(12-21(18)30-3)28-16-6-4-15(10-16)24(28)29/h5,7-9,11-13,15-16H,4,6,10H2,1-3H3. The Morgan fingerprint density at radius 2 is 2.00 bits per heavy atom. The summed E-state index contributed by atoms with van der Waals surface area (Å²) in [6.45, 7) is 3.89. The van der Waals surface area contributed by atoms with Crippen LogP contribution in [0.2, 0.25) is 5.02 Å². The molecule has 1 amide bonds. The van der Waals surface area contributed by atoms with E-state index in [9.17, 15) is 4.79 Å². The largest absolute Gasteiger partial charge is 0.496 e. The van der Waals surface area contributed by atoms with Crippen LogP contribution in [0, 0.1) is 5.92 Å². The van der Waals surface area contributed by atoms with Gasteiger partial charge in [-0.15, -0.1) is 0 Å². The molecular weight excluding hydrogens is 430 g/mol. The summed E-state index contributed by atoms with van der Waals surface area (Å²) in [7, 11) is 1.59. The highest BCUT2D eigenvalue weighted by molar-refractivity contribution is 6.32. The van der Waals surface area contributed by atoms with Crippen LogP contribution >= 0.6 is 11.6 Å². The lowest BCUT2D eigenvalue weighted by atomic mass is 10.1. The number of methoxy groups -OCH3 is 1. The molecule has 0 N–H and O–H groups in total. The zero-order valence-electron chi connectivity index (χ0n) is 18.2. The normalized spacial score (nSPS) is 19.8. The molecule has 2 atom stereocenters. The Hall–Kier alpha value is -3.06. The zero-order valence-corrected chi connectivity index (χ0v) is 18.9. The zero-order chi connectivity index (χ0) is 22.4. The molecular formula is C24H24ClN3O4. The molecule has 2 heterocycles. The van der Waals surface area contributed by atoms with Crippen molar-refractivity contribution < 1.29 is 18.8 Å². The van der Waals surface area contributed by atoms with Gasteiger partial charge >= 0.3 is 0 Å². The molecule has 2 aromatic carbocycles. The van der Waals surface area contributed by atoms with Gasteiger partial charge in [0.15, 0.2) is 0 Å². The van der Waals surface area contributed by atoms with E-state index in [1.54, 1.807) is 19.2 Å². The lowest BCUT2D eigenvalue weighted by Crippen LogP contribution is -2.36. The number of halogens is 1. The second kappa shape index (κ2) is 8.13. The van der Waals surface area contributed by atoms with E-state index in [1.165, 1.54) is 0 Å². The van der Waals surface area contributed by atoms with Crippen LogP contribution in [0.4, 0.5) is 5.69 Å². The second-order valence-corrected chi connectivity index (χ2v) is 8.90. The third kappa shape index (κ3) is 3.60. The summed E-state index contributed by atoms with van der Waals surface area (Å²) in [5.74, 6) is 2.29. The summed E-state index contributed by atoms with van der Waals surface area (Å²) in [5, 5.41) is 4.59. The molecule has 0 spiro atoms. The van der Waals surface area contributed by atoms with E-state index < -0.39 is 0 Å². The number of benzene rings is 2. The van der Waals surface area contributed by atoms with Gasteiger partial charge in [-0.25, -0.2) is 0 Å². The van der Waals surface area contributed by atoms with Gasteiger partial charge in [0.2, 0.25) is 11.7 Å². The van der Waals surface area contributed by atoms with Gasteiger partial charge in [-0.1, -0.05) is 16.8 Å². The van der Waals surface area contributed by atoms with Crippen molar-refractivity contribution in [1.29, 1.82) is 0 Å². The van der Waals surface area contributed by atoms with Crippen molar-refractivity contribution in [3.05, 3.63) is 41.4 Å². The predicted molar refractivity (Wildman–Crippen MR) is 121 cm³/mol. The van der Waals surface area contributed by atoms with Crippen LogP contribution < -0.4 is 14.4 Å². The first-order chi connectivity index (χ1) is 15.4. The van der Waals surface area contributed by atoms with Gasteiger partial charge in [0, 0.05) is 29.3 Å². The highest BCUT2D eigenvalue weighted by Crippen LogP contribution is 2.43. The van der Waals surface area contributed by atoms with E-state index in [1.807, 2.05) is 43.0 Å². The Kier molecular flexibility index (Phi) is 5.29. The van der Waals surface area contributed by atoms with Gasteiger partial charge in [-0.05, 0) is 63.4 Å². The molecule has 166 valence electrons. The van der Waals surface area contributed by atoms with Crippen LogP contribution in [0.25, 0.3) is 22.8 Å². The topological polar surface area (TPSA) is 77.7 Å². The smallest absolute Gasteiger partial charge is 0.262 e. The average molecular weight is 454 g/mol. The molecule has 7 nitrogen and oxygen atoms in total. The van der Waals surface area contributed by atoms with Crippen molar-refractivity contribution in [2.45, 2.75) is 45.3 Å². The number of amides is 1. The predicted octanol–water partition coefficient (Wildman–Crippen LogP) is 5.37. The summed E-state index contributed by atoms with van der Waals surface area (Å²) in [6, 6.07) is 11.3. The number of hydrogen-bond acceptors (Lipinski definition) is 6. The molecule has 2 unspecified atom stereocenters. The van der Waals surface area contributed by atoms with Crippen LogP contribution in [0.15, 0.2) is 40.9 Å². The molecule has 8 heteroatoms. The Balaban J connectivity index is 1.43. The van der Waals surface area contributed by atoms with Crippen molar-refractivity contribution in [3.8, 4) is 34.3 Å². The van der Waals surface area contributed by atoms with Gasteiger partial charge in [-0.3, -0.25) is 4.79 Å². The minimum atomic E-state index is 0.0246. The molecule has 2 bridgehead atoms. The number of rotatable bonds is 6. The fourth-order valence-corrected chi connectivity index (χ4v) is 4.80. The number of piperidine rings is 1. The molecule has 1 saturated carbocycles. The van der Waals surface area contributed by atoms with Crippen LogP contribution in [-0.2, 0) is 4.79 Å². The van der Waals surface area contributed by atoms with Crippen molar-refractivity contribution in [3.63, 3.8) is 0 Å². The highest BCUT2D eigenvalue weighted by atomic mass is 35.5. The van der Waals surface area contributed by atoms with Gasteiger partial charge in [0.1, 0.15) is 11.5 Å². The Morgan fingerprint density at radius 1 is 1.16 bits per heavy atom. The Morgan fingerprint density at radius 3 is 2.69 bits per heavy atom. The summed E-state index contributed by atoms with van der Waals surface area (Å²) >= 11 is 6.35. The third-order valence-electron chi connectivity index (χ3n) is 6.03. The molecule has 3 aromatic rings. The number of anilines is 1. The molecule has 1 aromatic heterocycles. The first kappa shape index (κ1) is 20.8. The maximum absolute atomic E-state index is 12.6. The summed E-state index contributed by atoms with van der Waals surface area (Å²) in [4.78, 5) is 19.1. The monoisotopic (exact) mass is 453 g/mol. The summed E-state index contributed by atoms with van der Waals surface area (Å²) in [5.41, 5.74) is 2.23. The van der Waals surface area contributed by atoms with Gasteiger partial charge in [-0.2, -0.15) is 4.98 Å². The minimum absolute atomic E-state index is 0.0246. The molecule has 0 radical (unpaired) electrons. The second-order valence-electron chi connectivity index (χ2n) is 8.49. The van der Waals surface area contributed by atoms with E-state index in [-0.39, 0.29) is 24.0 Å². The number of fused-ring (bicyclic) bond motifs is 2. The third-order valence-corrected chi connectivity index (χ3v) is 6.32. The van der Waals surface area contributed by atoms with E-state index in [2.05, 4.69) is 10.1 Å². The minimum Gasteiger partial charge on any atom is -0.496 e. The number of carbonyl (C=O) groups is 1. The highest BCUT2D eigenvalue weighted by Gasteiger charge is 2.45. The number of nitrogens with zero attached hydrogens (tertiary/aromatic N) is 3. The Bertz CT molecular complexity index is 1180. The molecule has 2 fully saturated rings. The lowest BCUT2D eigenvalue weighted by molar-refractivity contribution is -0.121. The number of hydrogen-bond donors (Lipinski definition) is 0. The van der Waals surface area contributed by atoms with Crippen LogP contribution in [0.3, 0.4) is 0 Å². The van der Waals surface area contributed by atoms with Crippen LogP contribution in [0.1, 0.15) is 33.1 Å². The van der Waals surface area contributed by atoms with Gasteiger partial charge in [0.25, 0.3) is 5.89 Å². The van der Waals surface area contributed by atoms with Crippen molar-refractivity contribution in [1.82, 2.24) is 10.1 Å². The van der Waals surface area contributed by atoms with Crippen molar-refractivity contribution in [2.75, 3.05) is 12.0 Å². The van der Waals surface area contributed by atoms with Crippen molar-refractivity contribution >= 4 is 23.2 Å². The maximum Gasteiger partial charge on any atom is 0.262 e. The molecule has 1 saturated heterocycles. The van der Waals surface area contributed by atoms with Crippen LogP contribution in [-0.4, -0.2) is 35.3 Å². The van der Waals surface area contributed by atoms with Crippen LogP contribution in [0.5, 0.6) is 11.5 Å². The molecule has 1 aliphatic heterocycles. The van der Waals surface area contributed by atoms with E-state index in [0.717, 1.165) is 30.5 Å². The van der Waals surface area contributed by atoms with Gasteiger partial charge in [0.05, 0.1) is 23.8 Å². The summed E-state index contributed by atoms with van der Waals surface area (Å²) in [6.07, 6.45) is 3.02. The number of aromatic nitrogens is 2. The fourth-order valence-electron chi connectivity index (χ4n) is 4.58.